The first-order chi connectivity index (χ1) is 9.40. The maximum absolute atomic E-state index is 12.3. The molecule has 0 saturated carbocycles. The summed E-state index contributed by atoms with van der Waals surface area (Å²) in [6, 6.07) is 9.48. The minimum Gasteiger partial charge on any atom is -0.235 e. The molecule has 1 aromatic heterocycles. The van der Waals surface area contributed by atoms with E-state index in [0.717, 1.165) is 5.56 Å². The molecule has 0 aliphatic heterocycles. The number of rotatable bonds is 5. The van der Waals surface area contributed by atoms with Crippen molar-refractivity contribution in [1.29, 1.82) is 0 Å². The zero-order valence-electron chi connectivity index (χ0n) is 11.1. The molecule has 2 aromatic rings. The molecule has 0 aliphatic carbocycles. The van der Waals surface area contributed by atoms with Gasteiger partial charge in [0.2, 0.25) is 5.03 Å². The number of aryl methyl sites for hydroxylation is 1. The first-order valence-corrected chi connectivity index (χ1v) is 8.29. The highest BCUT2D eigenvalue weighted by atomic mass is 79.9. The van der Waals surface area contributed by atoms with Crippen LogP contribution in [0.3, 0.4) is 0 Å². The van der Waals surface area contributed by atoms with Crippen LogP contribution in [0.4, 0.5) is 0 Å². The molecule has 0 fully saturated rings. The van der Waals surface area contributed by atoms with Crippen molar-refractivity contribution < 1.29 is 8.42 Å². The molecule has 0 aliphatic rings. The van der Waals surface area contributed by atoms with E-state index in [-0.39, 0.29) is 15.7 Å². The van der Waals surface area contributed by atoms with E-state index in [2.05, 4.69) is 31.0 Å². The number of sulfonamides is 1. The standard InChI is InChI=1S/C12H15BrN4O2S/c1-9(8-10-6-4-3-5-7-10)15-20(18,19)12-11(13)14-16-17(12)2/h3-7,9,15H,8H2,1-2H3. The van der Waals surface area contributed by atoms with Crippen LogP contribution in [0.25, 0.3) is 0 Å². The number of hydrogen-bond acceptors (Lipinski definition) is 4. The van der Waals surface area contributed by atoms with Gasteiger partial charge in [0.15, 0.2) is 4.60 Å². The zero-order valence-corrected chi connectivity index (χ0v) is 13.5. The SMILES string of the molecule is CC(Cc1ccccc1)NS(=O)(=O)c1c(Br)nnn1C. The largest absolute Gasteiger partial charge is 0.260 e. The third-order valence-corrected chi connectivity index (χ3v) is 5.21. The van der Waals surface area contributed by atoms with Gasteiger partial charge in [-0.25, -0.2) is 17.8 Å². The summed E-state index contributed by atoms with van der Waals surface area (Å²) in [6.07, 6.45) is 0.614. The number of nitrogens with zero attached hydrogens (tertiary/aromatic N) is 3. The molecule has 0 amide bonds. The van der Waals surface area contributed by atoms with Gasteiger partial charge in [-0.1, -0.05) is 35.5 Å². The Balaban J connectivity index is 2.13. The molecule has 0 saturated heterocycles. The normalized spacial score (nSPS) is 13.3. The molecule has 1 aromatic carbocycles. The van der Waals surface area contributed by atoms with Crippen molar-refractivity contribution in [3.05, 3.63) is 40.5 Å². The molecule has 108 valence electrons. The molecule has 1 heterocycles. The van der Waals surface area contributed by atoms with Crippen LogP contribution >= 0.6 is 15.9 Å². The summed E-state index contributed by atoms with van der Waals surface area (Å²) in [5, 5.41) is 7.38. The van der Waals surface area contributed by atoms with E-state index in [1.807, 2.05) is 37.3 Å². The Labute approximate surface area is 126 Å². The second kappa shape index (κ2) is 6.02. The van der Waals surface area contributed by atoms with Crippen LogP contribution in [0.15, 0.2) is 40.0 Å². The summed E-state index contributed by atoms with van der Waals surface area (Å²) in [5.74, 6) is 0. The lowest BCUT2D eigenvalue weighted by atomic mass is 10.1. The van der Waals surface area contributed by atoms with E-state index in [1.54, 1.807) is 0 Å². The fourth-order valence-electron chi connectivity index (χ4n) is 1.94. The average Bonchev–Trinajstić information content (AvgIpc) is 2.70. The number of nitrogens with one attached hydrogen (secondary N) is 1. The zero-order chi connectivity index (χ0) is 14.8. The number of halogens is 1. The summed E-state index contributed by atoms with van der Waals surface area (Å²) < 4.78 is 28.6. The van der Waals surface area contributed by atoms with Gasteiger partial charge in [0, 0.05) is 13.1 Å². The highest BCUT2D eigenvalue weighted by Crippen LogP contribution is 2.18. The second-order valence-electron chi connectivity index (χ2n) is 4.52. The third-order valence-electron chi connectivity index (χ3n) is 2.73. The monoisotopic (exact) mass is 358 g/mol. The van der Waals surface area contributed by atoms with Crippen LogP contribution in [0.2, 0.25) is 0 Å². The highest BCUT2D eigenvalue weighted by Gasteiger charge is 2.25. The van der Waals surface area contributed by atoms with Crippen LogP contribution in [-0.4, -0.2) is 29.5 Å². The predicted octanol–water partition coefficient (Wildman–Crippen LogP) is 1.49. The maximum Gasteiger partial charge on any atom is 0.260 e. The van der Waals surface area contributed by atoms with Crippen LogP contribution in [0.1, 0.15) is 12.5 Å². The van der Waals surface area contributed by atoms with E-state index in [1.165, 1.54) is 11.7 Å². The maximum atomic E-state index is 12.3. The fourth-order valence-corrected chi connectivity index (χ4v) is 4.28. The van der Waals surface area contributed by atoms with Gasteiger partial charge in [-0.05, 0) is 34.8 Å². The first-order valence-electron chi connectivity index (χ1n) is 6.01. The van der Waals surface area contributed by atoms with Gasteiger partial charge in [-0.2, -0.15) is 0 Å². The lowest BCUT2D eigenvalue weighted by molar-refractivity contribution is 0.542. The first kappa shape index (κ1) is 15.1. The quantitative estimate of drug-likeness (QED) is 0.878. The van der Waals surface area contributed by atoms with Crippen molar-refractivity contribution in [2.24, 2.45) is 7.05 Å². The molecular formula is C12H15BrN4O2S. The van der Waals surface area contributed by atoms with Gasteiger partial charge < -0.3 is 0 Å². The van der Waals surface area contributed by atoms with Gasteiger partial charge in [0.1, 0.15) is 0 Å². The molecule has 2 rings (SSSR count). The molecular weight excluding hydrogens is 344 g/mol. The molecule has 1 atom stereocenters. The number of hydrogen-bond donors (Lipinski definition) is 1. The van der Waals surface area contributed by atoms with E-state index in [9.17, 15) is 8.42 Å². The van der Waals surface area contributed by atoms with E-state index < -0.39 is 10.0 Å². The summed E-state index contributed by atoms with van der Waals surface area (Å²) in [7, 11) is -2.12. The molecule has 0 radical (unpaired) electrons. The van der Waals surface area contributed by atoms with Gasteiger partial charge in [0.25, 0.3) is 10.0 Å². The van der Waals surface area contributed by atoms with Crippen LogP contribution in [-0.2, 0) is 23.5 Å². The Morgan fingerprint density at radius 2 is 2.00 bits per heavy atom. The number of benzene rings is 1. The van der Waals surface area contributed by atoms with Crippen molar-refractivity contribution >= 4 is 26.0 Å². The van der Waals surface area contributed by atoms with E-state index >= 15 is 0 Å². The number of aromatic nitrogens is 3. The minimum atomic E-state index is -3.66. The fraction of sp³-hybridized carbons (Fsp3) is 0.333. The van der Waals surface area contributed by atoms with Crippen molar-refractivity contribution in [3.8, 4) is 0 Å². The third kappa shape index (κ3) is 3.44. The Morgan fingerprint density at radius 1 is 1.35 bits per heavy atom. The molecule has 0 bridgehead atoms. The molecule has 8 heteroatoms. The molecule has 1 unspecified atom stereocenters. The summed E-state index contributed by atoms with van der Waals surface area (Å²) in [5.41, 5.74) is 1.07. The van der Waals surface area contributed by atoms with Crippen molar-refractivity contribution in [2.75, 3.05) is 0 Å². The summed E-state index contributed by atoms with van der Waals surface area (Å²) >= 11 is 3.10. The van der Waals surface area contributed by atoms with E-state index in [0.29, 0.717) is 6.42 Å². The summed E-state index contributed by atoms with van der Waals surface area (Å²) in [6.45, 7) is 1.82. The highest BCUT2D eigenvalue weighted by molar-refractivity contribution is 9.10. The van der Waals surface area contributed by atoms with E-state index in [4.69, 9.17) is 0 Å². The van der Waals surface area contributed by atoms with Crippen molar-refractivity contribution in [3.63, 3.8) is 0 Å². The Morgan fingerprint density at radius 3 is 2.55 bits per heavy atom. The molecule has 6 nitrogen and oxygen atoms in total. The van der Waals surface area contributed by atoms with Crippen LogP contribution in [0.5, 0.6) is 0 Å². The predicted molar refractivity (Wildman–Crippen MR) is 78.6 cm³/mol. The molecule has 1 N–H and O–H groups in total. The lowest BCUT2D eigenvalue weighted by Gasteiger charge is -2.14. The van der Waals surface area contributed by atoms with Gasteiger partial charge >= 0.3 is 0 Å². The lowest BCUT2D eigenvalue weighted by Crippen LogP contribution is -2.35. The minimum absolute atomic E-state index is 0.0254. The Bertz CT molecular complexity index is 665. The Hall–Kier alpha value is -1.25. The van der Waals surface area contributed by atoms with Crippen molar-refractivity contribution in [1.82, 2.24) is 19.7 Å². The van der Waals surface area contributed by atoms with Crippen LogP contribution < -0.4 is 4.72 Å². The van der Waals surface area contributed by atoms with Crippen LogP contribution in [0, 0.1) is 0 Å². The van der Waals surface area contributed by atoms with Crippen molar-refractivity contribution in [2.45, 2.75) is 24.4 Å². The topological polar surface area (TPSA) is 76.9 Å². The second-order valence-corrected chi connectivity index (χ2v) is 6.90. The molecule has 20 heavy (non-hydrogen) atoms. The summed E-state index contributed by atoms with van der Waals surface area (Å²) in [4.78, 5) is 0. The average molecular weight is 359 g/mol. The molecule has 0 spiro atoms. The van der Waals surface area contributed by atoms with Gasteiger partial charge in [0.05, 0.1) is 0 Å². The van der Waals surface area contributed by atoms with Gasteiger partial charge in [-0.3, -0.25) is 0 Å². The smallest absolute Gasteiger partial charge is 0.235 e. The van der Waals surface area contributed by atoms with Gasteiger partial charge in [-0.15, -0.1) is 5.10 Å². The Kier molecular flexibility index (Phi) is 4.56.